The smallest absolute Gasteiger partial charge is 0.405 e. The SMILES string of the molecule is CCc1ccc(SC)c(OC(F)(F)F)c1. The lowest BCUT2D eigenvalue weighted by Gasteiger charge is -2.12. The molecule has 0 aliphatic heterocycles. The average molecular weight is 236 g/mol. The molecule has 1 aromatic carbocycles. The normalized spacial score (nSPS) is 11.5. The number of alkyl halides is 3. The van der Waals surface area contributed by atoms with Crippen molar-refractivity contribution in [3.8, 4) is 5.75 Å². The van der Waals surface area contributed by atoms with E-state index in [4.69, 9.17) is 0 Å². The molecule has 0 heterocycles. The molecule has 0 bridgehead atoms. The lowest BCUT2D eigenvalue weighted by Crippen LogP contribution is -2.17. The predicted octanol–water partition coefficient (Wildman–Crippen LogP) is 3.87. The van der Waals surface area contributed by atoms with E-state index in [0.717, 1.165) is 5.56 Å². The molecule has 0 aromatic heterocycles. The van der Waals surface area contributed by atoms with Crippen molar-refractivity contribution >= 4 is 11.8 Å². The van der Waals surface area contributed by atoms with Gasteiger partial charge in [-0.2, -0.15) is 0 Å². The second kappa shape index (κ2) is 4.79. The van der Waals surface area contributed by atoms with Crippen LogP contribution in [0.25, 0.3) is 0 Å². The van der Waals surface area contributed by atoms with Crippen molar-refractivity contribution in [2.45, 2.75) is 24.6 Å². The first-order valence-corrected chi connectivity index (χ1v) is 5.61. The van der Waals surface area contributed by atoms with Crippen LogP contribution in [-0.4, -0.2) is 12.6 Å². The summed E-state index contributed by atoms with van der Waals surface area (Å²) in [5.41, 5.74) is 0.826. The summed E-state index contributed by atoms with van der Waals surface area (Å²) in [6.07, 6.45) is -2.23. The number of benzene rings is 1. The summed E-state index contributed by atoms with van der Waals surface area (Å²) in [6.45, 7) is 1.88. The summed E-state index contributed by atoms with van der Waals surface area (Å²) in [5, 5.41) is 0. The zero-order valence-electron chi connectivity index (χ0n) is 8.39. The Hall–Kier alpha value is -0.840. The zero-order chi connectivity index (χ0) is 11.5. The molecule has 0 fully saturated rings. The topological polar surface area (TPSA) is 9.23 Å². The highest BCUT2D eigenvalue weighted by Gasteiger charge is 2.32. The molecule has 0 aliphatic carbocycles. The largest absolute Gasteiger partial charge is 0.573 e. The Morgan fingerprint density at radius 3 is 2.47 bits per heavy atom. The molecular formula is C10H11F3OS. The Kier molecular flexibility index (Phi) is 3.90. The monoisotopic (exact) mass is 236 g/mol. The molecule has 1 nitrogen and oxygen atoms in total. The van der Waals surface area contributed by atoms with E-state index < -0.39 is 6.36 Å². The van der Waals surface area contributed by atoms with Crippen LogP contribution < -0.4 is 4.74 Å². The van der Waals surface area contributed by atoms with Gasteiger partial charge in [0.25, 0.3) is 0 Å². The number of aryl methyl sites for hydroxylation is 1. The average Bonchev–Trinajstić information content (AvgIpc) is 2.15. The van der Waals surface area contributed by atoms with Gasteiger partial charge in [-0.05, 0) is 30.4 Å². The van der Waals surface area contributed by atoms with Crippen molar-refractivity contribution in [2.75, 3.05) is 6.26 Å². The van der Waals surface area contributed by atoms with Crippen LogP contribution in [0.1, 0.15) is 12.5 Å². The molecule has 0 unspecified atom stereocenters. The van der Waals surface area contributed by atoms with E-state index in [1.165, 1.54) is 17.8 Å². The van der Waals surface area contributed by atoms with Crippen LogP contribution in [0.3, 0.4) is 0 Å². The Morgan fingerprint density at radius 2 is 2.00 bits per heavy atom. The van der Waals surface area contributed by atoms with Gasteiger partial charge in [0.05, 0.1) is 0 Å². The fourth-order valence-electron chi connectivity index (χ4n) is 1.15. The highest BCUT2D eigenvalue weighted by molar-refractivity contribution is 7.98. The minimum absolute atomic E-state index is 0.116. The Labute approximate surface area is 90.6 Å². The van der Waals surface area contributed by atoms with Crippen LogP contribution in [0.5, 0.6) is 5.75 Å². The molecule has 15 heavy (non-hydrogen) atoms. The number of ether oxygens (including phenoxy) is 1. The molecule has 0 saturated carbocycles. The molecule has 1 aromatic rings. The van der Waals surface area contributed by atoms with Crippen LogP contribution in [0.2, 0.25) is 0 Å². The molecule has 84 valence electrons. The Morgan fingerprint density at radius 1 is 1.33 bits per heavy atom. The zero-order valence-corrected chi connectivity index (χ0v) is 9.21. The summed E-state index contributed by atoms with van der Waals surface area (Å²) >= 11 is 1.23. The molecule has 5 heteroatoms. The highest BCUT2D eigenvalue weighted by Crippen LogP contribution is 2.32. The number of hydrogen-bond acceptors (Lipinski definition) is 2. The van der Waals surface area contributed by atoms with Crippen molar-refractivity contribution in [2.24, 2.45) is 0 Å². The van der Waals surface area contributed by atoms with Crippen LogP contribution in [0, 0.1) is 0 Å². The molecule has 0 N–H and O–H groups in total. The number of hydrogen-bond donors (Lipinski definition) is 0. The van der Waals surface area contributed by atoms with E-state index >= 15 is 0 Å². The van der Waals surface area contributed by atoms with Crippen LogP contribution in [0.15, 0.2) is 23.1 Å². The number of thioether (sulfide) groups is 1. The Bertz CT molecular complexity index is 336. The van der Waals surface area contributed by atoms with Gasteiger partial charge in [0.15, 0.2) is 0 Å². The van der Waals surface area contributed by atoms with E-state index in [0.29, 0.717) is 11.3 Å². The summed E-state index contributed by atoms with van der Waals surface area (Å²) in [5.74, 6) is -0.116. The van der Waals surface area contributed by atoms with Gasteiger partial charge in [-0.15, -0.1) is 24.9 Å². The first kappa shape index (κ1) is 12.2. The van der Waals surface area contributed by atoms with Crippen molar-refractivity contribution in [3.63, 3.8) is 0 Å². The maximum Gasteiger partial charge on any atom is 0.573 e. The predicted molar refractivity (Wildman–Crippen MR) is 54.3 cm³/mol. The van der Waals surface area contributed by atoms with E-state index in [9.17, 15) is 13.2 Å². The first-order chi connectivity index (χ1) is 6.96. The van der Waals surface area contributed by atoms with Gasteiger partial charge in [0, 0.05) is 4.90 Å². The van der Waals surface area contributed by atoms with Crippen LogP contribution in [-0.2, 0) is 6.42 Å². The molecular weight excluding hydrogens is 225 g/mol. The highest BCUT2D eigenvalue weighted by atomic mass is 32.2. The van der Waals surface area contributed by atoms with Crippen molar-refractivity contribution in [1.82, 2.24) is 0 Å². The van der Waals surface area contributed by atoms with Gasteiger partial charge >= 0.3 is 6.36 Å². The minimum atomic E-state index is -4.63. The quantitative estimate of drug-likeness (QED) is 0.737. The second-order valence-corrected chi connectivity index (χ2v) is 3.73. The van der Waals surface area contributed by atoms with Gasteiger partial charge in [0.1, 0.15) is 5.75 Å². The fraction of sp³-hybridized carbons (Fsp3) is 0.400. The number of halogens is 3. The van der Waals surface area contributed by atoms with Crippen molar-refractivity contribution in [1.29, 1.82) is 0 Å². The molecule has 0 amide bonds. The van der Waals surface area contributed by atoms with Crippen LogP contribution >= 0.6 is 11.8 Å². The van der Waals surface area contributed by atoms with Gasteiger partial charge in [-0.1, -0.05) is 13.0 Å². The fourth-order valence-corrected chi connectivity index (χ4v) is 1.65. The lowest BCUT2D eigenvalue weighted by atomic mass is 10.2. The second-order valence-electron chi connectivity index (χ2n) is 2.89. The van der Waals surface area contributed by atoms with Gasteiger partial charge in [-0.25, -0.2) is 0 Å². The summed E-state index contributed by atoms with van der Waals surface area (Å²) in [7, 11) is 0. The van der Waals surface area contributed by atoms with E-state index in [1.807, 2.05) is 6.92 Å². The van der Waals surface area contributed by atoms with Gasteiger partial charge < -0.3 is 4.74 Å². The summed E-state index contributed by atoms with van der Waals surface area (Å²) in [6, 6.07) is 4.87. The minimum Gasteiger partial charge on any atom is -0.405 e. The molecule has 0 aliphatic rings. The standard InChI is InChI=1S/C10H11F3OS/c1-3-7-4-5-9(15-2)8(6-7)14-10(11,12)13/h4-6H,3H2,1-2H3. The molecule has 0 saturated heterocycles. The molecule has 0 atom stereocenters. The maximum atomic E-state index is 12.1. The summed E-state index contributed by atoms with van der Waals surface area (Å²) < 4.78 is 40.1. The van der Waals surface area contributed by atoms with E-state index in [2.05, 4.69) is 4.74 Å². The first-order valence-electron chi connectivity index (χ1n) is 4.39. The maximum absolute atomic E-state index is 12.1. The number of rotatable bonds is 3. The van der Waals surface area contributed by atoms with Crippen LogP contribution in [0.4, 0.5) is 13.2 Å². The van der Waals surface area contributed by atoms with E-state index in [-0.39, 0.29) is 5.75 Å². The molecule has 0 radical (unpaired) electrons. The Balaban J connectivity index is 3.01. The summed E-state index contributed by atoms with van der Waals surface area (Å²) in [4.78, 5) is 0.490. The van der Waals surface area contributed by atoms with Crippen molar-refractivity contribution in [3.05, 3.63) is 23.8 Å². The molecule has 0 spiro atoms. The van der Waals surface area contributed by atoms with Crippen molar-refractivity contribution < 1.29 is 17.9 Å². The lowest BCUT2D eigenvalue weighted by molar-refractivity contribution is -0.275. The van der Waals surface area contributed by atoms with Gasteiger partial charge in [0.2, 0.25) is 0 Å². The third-order valence-electron chi connectivity index (χ3n) is 1.86. The van der Waals surface area contributed by atoms with Gasteiger partial charge in [-0.3, -0.25) is 0 Å². The van der Waals surface area contributed by atoms with E-state index in [1.54, 1.807) is 18.4 Å². The third kappa shape index (κ3) is 3.66. The molecule has 1 rings (SSSR count). The third-order valence-corrected chi connectivity index (χ3v) is 2.64.